The molecule has 0 unspecified atom stereocenters. The lowest BCUT2D eigenvalue weighted by atomic mass is 9.85. The number of rotatable bonds is 8. The highest BCUT2D eigenvalue weighted by molar-refractivity contribution is 6.13. The Kier molecular flexibility index (Phi) is 10.7. The Labute approximate surface area is 369 Å². The summed E-state index contributed by atoms with van der Waals surface area (Å²) in [7, 11) is 0. The number of aromatic nitrogens is 8. The molecule has 0 atom stereocenters. The first kappa shape index (κ1) is 41.9. The van der Waals surface area contributed by atoms with E-state index in [0.717, 1.165) is 58.3 Å². The molecule has 7 heterocycles. The zero-order chi connectivity index (χ0) is 44.9. The number of hydrogen-bond donors (Lipinski definition) is 2. The Morgan fingerprint density at radius 1 is 0.594 bits per heavy atom. The standard InChI is InChI=1S/C24H24N6O2.C23H22N6O3/c1-14-26-10-16(11-27-14)15-7-8-18-20(9-15)30(23(32)24(18,2)3)21-13-25-12-19(29-21)22(31)28-17-5-4-6-17;1-13-25-7-15(8-26-13)14-4-5-17-19(6-14)29(22(31)23(17,2)3)20-10-24-9-18(28-20)21(30)27-16-11-32-12-16/h7-13,17H,4-6H2,1-3H3,(H,28,31);4-10,16H,11-12H2,1-3H3,(H,27,30). The molecule has 324 valence electrons. The van der Waals surface area contributed by atoms with Crippen LogP contribution in [0.5, 0.6) is 0 Å². The van der Waals surface area contributed by atoms with Gasteiger partial charge in [0, 0.05) is 42.0 Å². The molecule has 2 N–H and O–H groups in total. The zero-order valence-electron chi connectivity index (χ0n) is 36.3. The van der Waals surface area contributed by atoms with E-state index in [2.05, 4.69) is 50.5 Å². The first-order chi connectivity index (χ1) is 30.7. The van der Waals surface area contributed by atoms with Crippen LogP contribution >= 0.6 is 0 Å². The average molecular weight is 859 g/mol. The van der Waals surface area contributed by atoms with Gasteiger partial charge in [0.2, 0.25) is 11.8 Å². The fourth-order valence-electron chi connectivity index (χ4n) is 7.93. The van der Waals surface area contributed by atoms with Gasteiger partial charge >= 0.3 is 0 Å². The fourth-order valence-corrected chi connectivity index (χ4v) is 7.93. The van der Waals surface area contributed by atoms with Crippen molar-refractivity contribution >= 4 is 46.6 Å². The molecule has 4 aromatic heterocycles. The van der Waals surface area contributed by atoms with Gasteiger partial charge in [0.1, 0.15) is 23.0 Å². The van der Waals surface area contributed by atoms with Crippen LogP contribution in [-0.4, -0.2) is 88.8 Å². The van der Waals surface area contributed by atoms with Crippen LogP contribution in [0, 0.1) is 13.8 Å². The number of nitrogens with zero attached hydrogens (tertiary/aromatic N) is 10. The van der Waals surface area contributed by atoms with Crippen LogP contribution in [0.3, 0.4) is 0 Å². The van der Waals surface area contributed by atoms with Gasteiger partial charge in [-0.25, -0.2) is 29.9 Å². The smallest absolute Gasteiger partial charge is 0.271 e. The maximum absolute atomic E-state index is 13.4. The summed E-state index contributed by atoms with van der Waals surface area (Å²) in [6.45, 7) is 12.2. The van der Waals surface area contributed by atoms with Gasteiger partial charge in [-0.1, -0.05) is 24.3 Å². The first-order valence-electron chi connectivity index (χ1n) is 21.1. The van der Waals surface area contributed by atoms with Gasteiger partial charge < -0.3 is 15.4 Å². The summed E-state index contributed by atoms with van der Waals surface area (Å²) in [5, 5.41) is 5.82. The maximum atomic E-state index is 13.4. The van der Waals surface area contributed by atoms with Crippen molar-refractivity contribution in [2.45, 2.75) is 83.7 Å². The number of hydrogen-bond acceptors (Lipinski definition) is 13. The SMILES string of the molecule is Cc1ncc(-c2ccc3c(c2)N(c2cncc(C(=O)NC4CCC4)n2)C(=O)C3(C)C)cn1.Cc1ncc(-c2ccc3c(c2)N(c2cncc(C(=O)NC4COC4)n2)C(=O)C3(C)C)cn1. The lowest BCUT2D eigenvalue weighted by Gasteiger charge is -2.26. The van der Waals surface area contributed by atoms with E-state index in [-0.39, 0.29) is 47.1 Å². The zero-order valence-corrected chi connectivity index (χ0v) is 36.3. The van der Waals surface area contributed by atoms with E-state index < -0.39 is 10.8 Å². The minimum absolute atomic E-state index is 0.0275. The van der Waals surface area contributed by atoms with Crippen molar-refractivity contribution in [3.05, 3.63) is 120 Å². The van der Waals surface area contributed by atoms with Gasteiger partial charge in [0.25, 0.3) is 11.8 Å². The Bertz CT molecular complexity index is 2630. The number of benzene rings is 2. The van der Waals surface area contributed by atoms with E-state index in [1.807, 2.05) is 77.9 Å². The quantitative estimate of drug-likeness (QED) is 0.185. The van der Waals surface area contributed by atoms with Gasteiger partial charge in [-0.05, 0) is 95.2 Å². The summed E-state index contributed by atoms with van der Waals surface area (Å²) in [6.07, 6.45) is 16.0. The largest absolute Gasteiger partial charge is 0.377 e. The van der Waals surface area contributed by atoms with Crippen LogP contribution in [0.15, 0.2) is 86.0 Å². The summed E-state index contributed by atoms with van der Waals surface area (Å²) < 4.78 is 5.09. The van der Waals surface area contributed by atoms with Crippen molar-refractivity contribution in [1.82, 2.24) is 50.5 Å². The molecule has 6 aromatic rings. The third-order valence-corrected chi connectivity index (χ3v) is 12.1. The Balaban J connectivity index is 0.000000162. The third-order valence-electron chi connectivity index (χ3n) is 12.1. The molecule has 17 nitrogen and oxygen atoms in total. The van der Waals surface area contributed by atoms with E-state index in [1.54, 1.807) is 29.7 Å². The number of carbonyl (C=O) groups is 4. The van der Waals surface area contributed by atoms with Crippen molar-refractivity contribution < 1.29 is 23.9 Å². The molecule has 10 rings (SSSR count). The van der Waals surface area contributed by atoms with Gasteiger partial charge in [-0.15, -0.1) is 0 Å². The molecular weight excluding hydrogens is 813 g/mol. The molecule has 0 radical (unpaired) electrons. The summed E-state index contributed by atoms with van der Waals surface area (Å²) in [4.78, 5) is 89.5. The van der Waals surface area contributed by atoms with E-state index in [9.17, 15) is 19.2 Å². The van der Waals surface area contributed by atoms with E-state index in [1.165, 1.54) is 29.7 Å². The van der Waals surface area contributed by atoms with Gasteiger partial charge in [0.15, 0.2) is 11.6 Å². The average Bonchev–Trinajstić information content (AvgIpc) is 3.59. The lowest BCUT2D eigenvalue weighted by Crippen LogP contribution is -2.48. The summed E-state index contributed by atoms with van der Waals surface area (Å²) in [5.74, 6) is 1.16. The second kappa shape index (κ2) is 16.4. The second-order valence-electron chi connectivity index (χ2n) is 17.4. The number of ether oxygens (including phenoxy) is 1. The number of anilines is 4. The van der Waals surface area contributed by atoms with Crippen molar-refractivity contribution in [2.75, 3.05) is 23.0 Å². The number of nitrogens with one attached hydrogen (secondary N) is 2. The van der Waals surface area contributed by atoms with Gasteiger partial charge in [-0.3, -0.25) is 38.9 Å². The van der Waals surface area contributed by atoms with Crippen LogP contribution < -0.4 is 20.4 Å². The van der Waals surface area contributed by atoms with E-state index >= 15 is 0 Å². The van der Waals surface area contributed by atoms with Crippen molar-refractivity contribution in [1.29, 1.82) is 0 Å². The van der Waals surface area contributed by atoms with Crippen molar-refractivity contribution in [3.8, 4) is 22.3 Å². The predicted octanol–water partition coefficient (Wildman–Crippen LogP) is 5.81. The van der Waals surface area contributed by atoms with Gasteiger partial charge in [-0.2, -0.15) is 0 Å². The molecule has 4 amide bonds. The first-order valence-corrected chi connectivity index (χ1v) is 21.1. The minimum atomic E-state index is -0.749. The number of carbonyl (C=O) groups excluding carboxylic acids is 4. The maximum Gasteiger partial charge on any atom is 0.271 e. The molecule has 1 saturated carbocycles. The van der Waals surface area contributed by atoms with Crippen LogP contribution in [0.1, 0.15) is 90.7 Å². The molecule has 0 bridgehead atoms. The van der Waals surface area contributed by atoms with E-state index in [4.69, 9.17) is 4.74 Å². The van der Waals surface area contributed by atoms with Crippen LogP contribution in [0.2, 0.25) is 0 Å². The van der Waals surface area contributed by atoms with Crippen LogP contribution in [0.4, 0.5) is 23.0 Å². The summed E-state index contributed by atoms with van der Waals surface area (Å²) in [5.41, 5.74) is 5.55. The van der Waals surface area contributed by atoms with Gasteiger partial charge in [0.05, 0.1) is 66.2 Å². The Morgan fingerprint density at radius 3 is 1.39 bits per heavy atom. The van der Waals surface area contributed by atoms with Crippen LogP contribution in [0.25, 0.3) is 22.3 Å². The number of amides is 4. The summed E-state index contributed by atoms with van der Waals surface area (Å²) in [6, 6.07) is 11.9. The highest BCUT2D eigenvalue weighted by atomic mass is 16.5. The van der Waals surface area contributed by atoms with E-state index in [0.29, 0.717) is 42.2 Å². The molecule has 4 aliphatic rings. The molecular formula is C47H46N12O5. The topological polar surface area (TPSA) is 211 Å². The third kappa shape index (κ3) is 7.71. The highest BCUT2D eigenvalue weighted by Gasteiger charge is 2.47. The number of fused-ring (bicyclic) bond motifs is 2. The second-order valence-corrected chi connectivity index (χ2v) is 17.4. The Morgan fingerprint density at radius 2 is 1.02 bits per heavy atom. The number of aryl methyl sites for hydroxylation is 2. The minimum Gasteiger partial charge on any atom is -0.377 e. The highest BCUT2D eigenvalue weighted by Crippen LogP contribution is 2.47. The monoisotopic (exact) mass is 858 g/mol. The molecule has 1 saturated heterocycles. The molecule has 2 aromatic carbocycles. The normalized spacial score (nSPS) is 17.1. The Hall–Kier alpha value is -7.40. The summed E-state index contributed by atoms with van der Waals surface area (Å²) >= 11 is 0. The fraction of sp³-hybridized carbons (Fsp3) is 0.319. The van der Waals surface area contributed by atoms with Crippen LogP contribution in [-0.2, 0) is 25.2 Å². The molecule has 0 spiro atoms. The molecule has 17 heteroatoms. The van der Waals surface area contributed by atoms with Crippen molar-refractivity contribution in [2.24, 2.45) is 0 Å². The molecule has 3 aliphatic heterocycles. The molecule has 1 aliphatic carbocycles. The van der Waals surface area contributed by atoms with Crippen molar-refractivity contribution in [3.63, 3.8) is 0 Å². The molecule has 64 heavy (non-hydrogen) atoms. The molecule has 2 fully saturated rings. The lowest BCUT2D eigenvalue weighted by molar-refractivity contribution is -0.122. The predicted molar refractivity (Wildman–Crippen MR) is 236 cm³/mol.